The number of benzene rings is 2. The van der Waals surface area contributed by atoms with Crippen LogP contribution in [0, 0.1) is 0 Å². The zero-order valence-corrected chi connectivity index (χ0v) is 17.0. The smallest absolute Gasteiger partial charge is 0.261 e. The Labute approximate surface area is 167 Å². The maximum Gasteiger partial charge on any atom is 0.261 e. The Morgan fingerprint density at radius 3 is 2.37 bits per heavy atom. The van der Waals surface area contributed by atoms with Crippen molar-refractivity contribution in [3.05, 3.63) is 58.6 Å². The van der Waals surface area contributed by atoms with Crippen molar-refractivity contribution in [3.63, 3.8) is 0 Å². The summed E-state index contributed by atoms with van der Waals surface area (Å²) >= 11 is 3.27. The first kappa shape index (κ1) is 19.9. The van der Waals surface area contributed by atoms with E-state index in [0.717, 1.165) is 17.3 Å². The van der Waals surface area contributed by atoms with Crippen LogP contribution in [0.15, 0.2) is 57.9 Å². The fourth-order valence-corrected chi connectivity index (χ4v) is 4.35. The molecule has 2 aromatic carbocycles. The molecule has 0 aromatic heterocycles. The Morgan fingerprint density at radius 1 is 1.04 bits per heavy atom. The Kier molecular flexibility index (Phi) is 6.18. The van der Waals surface area contributed by atoms with Gasteiger partial charge in [-0.25, -0.2) is 8.42 Å². The van der Waals surface area contributed by atoms with Gasteiger partial charge in [0.1, 0.15) is 0 Å². The van der Waals surface area contributed by atoms with E-state index in [1.165, 1.54) is 18.2 Å². The standard InChI is InChI=1S/C19H21BrN2O4S/c20-14-4-10-18(11-5-14)27(25,26)22-16-3-1-2-13(12-16)19(24)21-15-6-8-17(23)9-7-15/h1-5,10-12,15,17,22-23H,6-9H2,(H,21,24). The van der Waals surface area contributed by atoms with Gasteiger partial charge in [-0.2, -0.15) is 0 Å². The highest BCUT2D eigenvalue weighted by atomic mass is 79.9. The minimum atomic E-state index is -3.74. The summed E-state index contributed by atoms with van der Waals surface area (Å²) in [5.74, 6) is -0.249. The third-order valence-corrected chi connectivity index (χ3v) is 6.46. The zero-order chi connectivity index (χ0) is 19.4. The van der Waals surface area contributed by atoms with Gasteiger partial charge < -0.3 is 10.4 Å². The van der Waals surface area contributed by atoms with Crippen molar-refractivity contribution >= 4 is 37.5 Å². The van der Waals surface area contributed by atoms with E-state index < -0.39 is 10.0 Å². The fraction of sp³-hybridized carbons (Fsp3) is 0.316. The third kappa shape index (κ3) is 5.31. The lowest BCUT2D eigenvalue weighted by Gasteiger charge is -2.26. The van der Waals surface area contributed by atoms with Gasteiger partial charge in [0, 0.05) is 21.8 Å². The fourth-order valence-electron chi connectivity index (χ4n) is 3.04. The molecule has 1 aliphatic rings. The minimum Gasteiger partial charge on any atom is -0.393 e. The number of anilines is 1. The molecule has 1 amide bonds. The SMILES string of the molecule is O=C(NC1CCC(O)CC1)c1cccc(NS(=O)(=O)c2ccc(Br)cc2)c1. The van der Waals surface area contributed by atoms with E-state index in [2.05, 4.69) is 26.0 Å². The molecule has 144 valence electrons. The maximum absolute atomic E-state index is 12.5. The molecule has 1 aliphatic carbocycles. The number of aliphatic hydroxyl groups is 1. The first-order chi connectivity index (χ1) is 12.8. The maximum atomic E-state index is 12.5. The number of carbonyl (C=O) groups is 1. The molecule has 6 nitrogen and oxygen atoms in total. The van der Waals surface area contributed by atoms with Gasteiger partial charge in [-0.05, 0) is 68.1 Å². The third-order valence-electron chi connectivity index (χ3n) is 4.53. The molecule has 27 heavy (non-hydrogen) atoms. The number of halogens is 1. The van der Waals surface area contributed by atoms with Crippen molar-refractivity contribution in [3.8, 4) is 0 Å². The molecular formula is C19H21BrN2O4S. The average molecular weight is 453 g/mol. The van der Waals surface area contributed by atoms with Crippen molar-refractivity contribution in [2.24, 2.45) is 0 Å². The molecule has 8 heteroatoms. The molecule has 1 saturated carbocycles. The molecule has 3 rings (SSSR count). The number of hydrogen-bond acceptors (Lipinski definition) is 4. The number of sulfonamides is 1. The molecule has 0 aliphatic heterocycles. The van der Waals surface area contributed by atoms with Crippen LogP contribution in [0.25, 0.3) is 0 Å². The average Bonchev–Trinajstić information content (AvgIpc) is 2.64. The summed E-state index contributed by atoms with van der Waals surface area (Å²) in [5.41, 5.74) is 0.710. The van der Waals surface area contributed by atoms with E-state index in [-0.39, 0.29) is 22.9 Å². The molecule has 0 heterocycles. The van der Waals surface area contributed by atoms with Gasteiger partial charge in [0.05, 0.1) is 11.0 Å². The van der Waals surface area contributed by atoms with Crippen molar-refractivity contribution in [2.45, 2.75) is 42.7 Å². The first-order valence-corrected chi connectivity index (χ1v) is 11.0. The molecular weight excluding hydrogens is 432 g/mol. The zero-order valence-electron chi connectivity index (χ0n) is 14.6. The van der Waals surface area contributed by atoms with Gasteiger partial charge in [-0.15, -0.1) is 0 Å². The molecule has 0 spiro atoms. The molecule has 0 atom stereocenters. The number of amides is 1. The van der Waals surface area contributed by atoms with Gasteiger partial charge >= 0.3 is 0 Å². The van der Waals surface area contributed by atoms with Gasteiger partial charge in [-0.3, -0.25) is 9.52 Å². The normalized spacial score (nSPS) is 20.1. The monoisotopic (exact) mass is 452 g/mol. The largest absolute Gasteiger partial charge is 0.393 e. The summed E-state index contributed by atoms with van der Waals surface area (Å²) in [6, 6.07) is 12.7. The molecule has 1 fully saturated rings. The van der Waals surface area contributed by atoms with Crippen LogP contribution in [0.2, 0.25) is 0 Å². The second kappa shape index (κ2) is 8.41. The lowest BCUT2D eigenvalue weighted by atomic mass is 9.93. The second-order valence-electron chi connectivity index (χ2n) is 6.62. The molecule has 0 bridgehead atoms. The van der Waals surface area contributed by atoms with Crippen LogP contribution in [-0.4, -0.2) is 31.6 Å². The Morgan fingerprint density at radius 2 is 1.70 bits per heavy atom. The van der Waals surface area contributed by atoms with E-state index in [1.807, 2.05) is 0 Å². The van der Waals surface area contributed by atoms with Crippen LogP contribution in [0.3, 0.4) is 0 Å². The molecule has 0 unspecified atom stereocenters. The summed E-state index contributed by atoms with van der Waals surface area (Å²) in [4.78, 5) is 12.6. The first-order valence-electron chi connectivity index (χ1n) is 8.71. The van der Waals surface area contributed by atoms with E-state index in [0.29, 0.717) is 24.1 Å². The predicted octanol–water partition coefficient (Wildman–Crippen LogP) is 3.28. The van der Waals surface area contributed by atoms with Crippen LogP contribution in [0.4, 0.5) is 5.69 Å². The van der Waals surface area contributed by atoms with E-state index in [9.17, 15) is 18.3 Å². The van der Waals surface area contributed by atoms with Crippen LogP contribution in [0.5, 0.6) is 0 Å². The Bertz CT molecular complexity index is 908. The van der Waals surface area contributed by atoms with Gasteiger partial charge in [0.2, 0.25) is 0 Å². The van der Waals surface area contributed by atoms with Gasteiger partial charge in [-0.1, -0.05) is 22.0 Å². The highest BCUT2D eigenvalue weighted by Gasteiger charge is 2.21. The van der Waals surface area contributed by atoms with E-state index in [1.54, 1.807) is 30.3 Å². The Hall–Kier alpha value is -1.90. The van der Waals surface area contributed by atoms with E-state index in [4.69, 9.17) is 0 Å². The van der Waals surface area contributed by atoms with E-state index >= 15 is 0 Å². The number of carbonyl (C=O) groups excluding carboxylic acids is 1. The van der Waals surface area contributed by atoms with Crippen LogP contribution in [-0.2, 0) is 10.0 Å². The Balaban J connectivity index is 1.69. The molecule has 0 saturated heterocycles. The molecule has 3 N–H and O–H groups in total. The second-order valence-corrected chi connectivity index (χ2v) is 9.22. The number of rotatable bonds is 5. The summed E-state index contributed by atoms with van der Waals surface area (Å²) < 4.78 is 28.3. The van der Waals surface area contributed by atoms with Crippen molar-refractivity contribution in [1.82, 2.24) is 5.32 Å². The quantitative estimate of drug-likeness (QED) is 0.648. The van der Waals surface area contributed by atoms with Crippen LogP contribution < -0.4 is 10.0 Å². The van der Waals surface area contributed by atoms with Crippen molar-refractivity contribution in [1.29, 1.82) is 0 Å². The number of aliphatic hydroxyl groups excluding tert-OH is 1. The molecule has 0 radical (unpaired) electrons. The minimum absolute atomic E-state index is 0.0315. The van der Waals surface area contributed by atoms with Crippen molar-refractivity contribution < 1.29 is 18.3 Å². The van der Waals surface area contributed by atoms with Crippen LogP contribution >= 0.6 is 15.9 Å². The predicted molar refractivity (Wildman–Crippen MR) is 107 cm³/mol. The topological polar surface area (TPSA) is 95.5 Å². The van der Waals surface area contributed by atoms with Crippen molar-refractivity contribution in [2.75, 3.05) is 4.72 Å². The van der Waals surface area contributed by atoms with Gasteiger partial charge in [0.25, 0.3) is 15.9 Å². The lowest BCUT2D eigenvalue weighted by Crippen LogP contribution is -2.38. The lowest BCUT2D eigenvalue weighted by molar-refractivity contribution is 0.0867. The number of hydrogen-bond donors (Lipinski definition) is 3. The highest BCUT2D eigenvalue weighted by molar-refractivity contribution is 9.10. The van der Waals surface area contributed by atoms with Crippen LogP contribution in [0.1, 0.15) is 36.0 Å². The number of nitrogens with one attached hydrogen (secondary N) is 2. The summed E-state index contributed by atoms with van der Waals surface area (Å²) in [5, 5.41) is 12.5. The highest BCUT2D eigenvalue weighted by Crippen LogP contribution is 2.21. The van der Waals surface area contributed by atoms with Gasteiger partial charge in [0.15, 0.2) is 0 Å². The summed E-state index contributed by atoms with van der Waals surface area (Å²) in [6.07, 6.45) is 2.55. The molecule has 2 aromatic rings. The summed E-state index contributed by atoms with van der Waals surface area (Å²) in [6.45, 7) is 0. The summed E-state index contributed by atoms with van der Waals surface area (Å²) in [7, 11) is -3.74.